The Bertz CT molecular complexity index is 807. The predicted octanol–water partition coefficient (Wildman–Crippen LogP) is 4.09. The quantitative estimate of drug-likeness (QED) is 0.550. The predicted molar refractivity (Wildman–Crippen MR) is 84.3 cm³/mol. The molecule has 4 aromatic rings. The van der Waals surface area contributed by atoms with Crippen LogP contribution in [0.15, 0.2) is 79.0 Å². The molecule has 2 aromatic heterocycles. The van der Waals surface area contributed by atoms with Crippen LogP contribution in [0.5, 0.6) is 0 Å². The van der Waals surface area contributed by atoms with E-state index in [-0.39, 0.29) is 0 Å². The van der Waals surface area contributed by atoms with Crippen molar-refractivity contribution in [2.75, 3.05) is 0 Å². The third-order valence-electron chi connectivity index (χ3n) is 3.49. The van der Waals surface area contributed by atoms with E-state index in [1.54, 1.807) is 0 Å². The maximum Gasteiger partial charge on any atom is 0.119 e. The zero-order valence-corrected chi connectivity index (χ0v) is 11.3. The minimum Gasteiger partial charge on any atom is -0.252 e. The molecule has 0 fully saturated rings. The monoisotopic (exact) mass is 271 g/mol. The van der Waals surface area contributed by atoms with E-state index in [1.807, 2.05) is 65.5 Å². The van der Waals surface area contributed by atoms with Gasteiger partial charge in [0.05, 0.1) is 11.2 Å². The molecular formula is C18H13N3. The summed E-state index contributed by atoms with van der Waals surface area (Å²) in [6.45, 7) is 0. The van der Waals surface area contributed by atoms with Crippen LogP contribution in [0.4, 0.5) is 0 Å². The molecule has 0 aliphatic rings. The highest BCUT2D eigenvalue weighted by molar-refractivity contribution is 5.90. The second-order valence-corrected chi connectivity index (χ2v) is 4.83. The lowest BCUT2D eigenvalue weighted by molar-refractivity contribution is 0.915. The Morgan fingerprint density at radius 1 is 0.714 bits per heavy atom. The molecule has 3 heteroatoms. The first kappa shape index (κ1) is 11.9. The molecule has 0 radical (unpaired) electrons. The number of para-hydroxylation sites is 1. The number of pyridine rings is 1. The molecule has 0 unspecified atom stereocenters. The summed E-state index contributed by atoms with van der Waals surface area (Å²) in [7, 11) is 0. The van der Waals surface area contributed by atoms with Gasteiger partial charge in [-0.15, -0.1) is 0 Å². The van der Waals surface area contributed by atoms with Crippen LogP contribution in [0, 0.1) is 0 Å². The van der Waals surface area contributed by atoms with Crippen molar-refractivity contribution < 1.29 is 0 Å². The first-order valence-corrected chi connectivity index (χ1v) is 6.88. The number of rotatable bonds is 2. The zero-order chi connectivity index (χ0) is 14.1. The summed E-state index contributed by atoms with van der Waals surface area (Å²) in [6, 6.07) is 24.3. The number of fused-ring (bicyclic) bond motifs is 1. The lowest BCUT2D eigenvalue weighted by Gasteiger charge is -2.01. The van der Waals surface area contributed by atoms with Gasteiger partial charge < -0.3 is 0 Å². The van der Waals surface area contributed by atoms with E-state index in [0.29, 0.717) is 0 Å². The molecular weight excluding hydrogens is 258 g/mol. The number of hydrogen-bond donors (Lipinski definition) is 0. The number of nitrogens with zero attached hydrogens (tertiary/aromatic N) is 3. The summed E-state index contributed by atoms with van der Waals surface area (Å²) in [6.07, 6.45) is 1.81. The minimum absolute atomic E-state index is 0.912. The minimum atomic E-state index is 0.912. The summed E-state index contributed by atoms with van der Waals surface area (Å²) in [5.41, 5.74) is 4.97. The summed E-state index contributed by atoms with van der Waals surface area (Å²) in [5.74, 6) is 0. The van der Waals surface area contributed by atoms with Crippen LogP contribution in [-0.4, -0.2) is 14.8 Å². The molecule has 2 heterocycles. The van der Waals surface area contributed by atoms with Gasteiger partial charge in [0.25, 0.3) is 0 Å². The second-order valence-electron chi connectivity index (χ2n) is 4.83. The largest absolute Gasteiger partial charge is 0.252 e. The van der Waals surface area contributed by atoms with E-state index < -0.39 is 0 Å². The van der Waals surface area contributed by atoms with Crippen molar-refractivity contribution in [1.29, 1.82) is 0 Å². The van der Waals surface area contributed by atoms with Crippen molar-refractivity contribution in [2.24, 2.45) is 0 Å². The molecule has 4 rings (SSSR count). The van der Waals surface area contributed by atoms with Gasteiger partial charge in [-0.05, 0) is 24.3 Å². The van der Waals surface area contributed by atoms with Crippen LogP contribution < -0.4 is 0 Å². The lowest BCUT2D eigenvalue weighted by Crippen LogP contribution is -1.95. The summed E-state index contributed by atoms with van der Waals surface area (Å²) >= 11 is 0. The smallest absolute Gasteiger partial charge is 0.119 e. The van der Waals surface area contributed by atoms with Crippen LogP contribution in [0.1, 0.15) is 0 Å². The molecule has 0 aliphatic heterocycles. The van der Waals surface area contributed by atoms with E-state index in [9.17, 15) is 0 Å². The summed E-state index contributed by atoms with van der Waals surface area (Å²) in [4.78, 5) is 4.52. The topological polar surface area (TPSA) is 30.7 Å². The first-order valence-electron chi connectivity index (χ1n) is 6.88. The average molecular weight is 271 g/mol. The van der Waals surface area contributed by atoms with Gasteiger partial charge in [0.2, 0.25) is 0 Å². The fourth-order valence-corrected chi connectivity index (χ4v) is 2.51. The van der Waals surface area contributed by atoms with Gasteiger partial charge in [-0.1, -0.05) is 48.5 Å². The van der Waals surface area contributed by atoms with E-state index in [2.05, 4.69) is 23.2 Å². The van der Waals surface area contributed by atoms with Crippen LogP contribution in [-0.2, 0) is 0 Å². The van der Waals surface area contributed by atoms with Crippen LogP contribution in [0.25, 0.3) is 28.0 Å². The van der Waals surface area contributed by atoms with Gasteiger partial charge in [0, 0.05) is 11.8 Å². The van der Waals surface area contributed by atoms with Crippen LogP contribution in [0.3, 0.4) is 0 Å². The summed E-state index contributed by atoms with van der Waals surface area (Å²) in [5, 5.41) is 4.78. The highest BCUT2D eigenvalue weighted by atomic mass is 15.3. The Hall–Kier alpha value is -2.94. The van der Waals surface area contributed by atoms with Gasteiger partial charge in [-0.2, -0.15) is 5.10 Å². The van der Waals surface area contributed by atoms with Crippen molar-refractivity contribution >= 4 is 11.0 Å². The molecule has 0 N–H and O–H groups in total. The molecule has 21 heavy (non-hydrogen) atoms. The fraction of sp³-hybridized carbons (Fsp3) is 0. The Balaban J connectivity index is 2.02. The molecule has 0 spiro atoms. The normalized spacial score (nSPS) is 10.9. The Morgan fingerprint density at radius 2 is 1.43 bits per heavy atom. The van der Waals surface area contributed by atoms with Gasteiger partial charge in [0.1, 0.15) is 11.2 Å². The van der Waals surface area contributed by atoms with Crippen molar-refractivity contribution in [3.8, 4) is 16.9 Å². The van der Waals surface area contributed by atoms with Crippen molar-refractivity contribution in [3.63, 3.8) is 0 Å². The third kappa shape index (κ3) is 1.99. The average Bonchev–Trinajstić information content (AvgIpc) is 2.96. The summed E-state index contributed by atoms with van der Waals surface area (Å²) < 4.78 is 1.95. The van der Waals surface area contributed by atoms with Crippen molar-refractivity contribution in [3.05, 3.63) is 79.0 Å². The van der Waals surface area contributed by atoms with Crippen molar-refractivity contribution in [2.45, 2.75) is 0 Å². The molecule has 0 bridgehead atoms. The van der Waals surface area contributed by atoms with E-state index in [1.165, 1.54) is 0 Å². The van der Waals surface area contributed by atoms with E-state index >= 15 is 0 Å². The van der Waals surface area contributed by atoms with Gasteiger partial charge >= 0.3 is 0 Å². The molecule has 0 atom stereocenters. The molecule has 0 saturated heterocycles. The first-order chi connectivity index (χ1) is 10.4. The highest BCUT2D eigenvalue weighted by Crippen LogP contribution is 2.27. The molecule has 3 nitrogen and oxygen atoms in total. The lowest BCUT2D eigenvalue weighted by atomic mass is 10.1. The van der Waals surface area contributed by atoms with Gasteiger partial charge in [0.15, 0.2) is 0 Å². The number of aromatic nitrogens is 3. The Morgan fingerprint density at radius 3 is 2.19 bits per heavy atom. The van der Waals surface area contributed by atoms with Crippen molar-refractivity contribution in [1.82, 2.24) is 14.8 Å². The SMILES string of the molecule is c1ccc(-c2nn(-c3ccccc3)c3cccnc23)cc1. The maximum absolute atomic E-state index is 4.78. The molecule has 0 saturated carbocycles. The highest BCUT2D eigenvalue weighted by Gasteiger charge is 2.13. The van der Waals surface area contributed by atoms with Crippen LogP contribution >= 0.6 is 0 Å². The number of hydrogen-bond acceptors (Lipinski definition) is 2. The van der Waals surface area contributed by atoms with E-state index in [4.69, 9.17) is 5.10 Å². The fourth-order valence-electron chi connectivity index (χ4n) is 2.51. The molecule has 0 aliphatic carbocycles. The Labute approximate surface area is 122 Å². The van der Waals surface area contributed by atoms with E-state index in [0.717, 1.165) is 28.0 Å². The number of benzene rings is 2. The second kappa shape index (κ2) is 4.87. The Kier molecular flexibility index (Phi) is 2.75. The standard InChI is InChI=1S/C18H13N3/c1-3-8-14(9-4-1)17-18-16(12-7-13-19-18)21(20-17)15-10-5-2-6-11-15/h1-13H. The maximum atomic E-state index is 4.78. The molecule has 100 valence electrons. The third-order valence-corrected chi connectivity index (χ3v) is 3.49. The van der Waals surface area contributed by atoms with Gasteiger partial charge in [-0.25, -0.2) is 4.68 Å². The van der Waals surface area contributed by atoms with Crippen LogP contribution in [0.2, 0.25) is 0 Å². The zero-order valence-electron chi connectivity index (χ0n) is 11.3. The molecule has 2 aromatic carbocycles. The van der Waals surface area contributed by atoms with Gasteiger partial charge in [-0.3, -0.25) is 4.98 Å². The molecule has 0 amide bonds.